The predicted octanol–water partition coefficient (Wildman–Crippen LogP) is 1.91. The van der Waals surface area contributed by atoms with Crippen LogP contribution in [0, 0.1) is 20.8 Å². The SMILES string of the molecule is CCOC(=O)c1c(C)oc2nc(COC(=O)c3cc(C)c(C)c(S(N)(=O)=O)c3)nc(N)c12. The van der Waals surface area contributed by atoms with Crippen LogP contribution in [0.2, 0.25) is 0 Å². The minimum atomic E-state index is -4.02. The van der Waals surface area contributed by atoms with E-state index in [9.17, 15) is 18.0 Å². The van der Waals surface area contributed by atoms with Crippen molar-refractivity contribution in [2.45, 2.75) is 39.2 Å². The van der Waals surface area contributed by atoms with Gasteiger partial charge in [-0.05, 0) is 51.0 Å². The fourth-order valence-corrected chi connectivity index (χ4v) is 4.03. The summed E-state index contributed by atoms with van der Waals surface area (Å²) in [5.41, 5.74) is 7.17. The number of esters is 2. The Labute approximate surface area is 183 Å². The molecule has 0 aliphatic carbocycles. The van der Waals surface area contributed by atoms with E-state index in [1.807, 2.05) is 0 Å². The number of benzene rings is 1. The predicted molar refractivity (Wildman–Crippen MR) is 113 cm³/mol. The second kappa shape index (κ2) is 8.55. The first kappa shape index (κ1) is 23.2. The number of furan rings is 1. The molecule has 11 nitrogen and oxygen atoms in total. The number of hydrogen-bond donors (Lipinski definition) is 2. The van der Waals surface area contributed by atoms with Crippen molar-refractivity contribution in [2.75, 3.05) is 12.3 Å². The maximum Gasteiger partial charge on any atom is 0.342 e. The largest absolute Gasteiger partial charge is 0.462 e. The summed E-state index contributed by atoms with van der Waals surface area (Å²) in [6.07, 6.45) is 0. The van der Waals surface area contributed by atoms with Gasteiger partial charge in [0.15, 0.2) is 12.4 Å². The lowest BCUT2D eigenvalue weighted by molar-refractivity contribution is 0.0461. The average molecular weight is 462 g/mol. The van der Waals surface area contributed by atoms with Crippen LogP contribution in [-0.2, 0) is 26.1 Å². The van der Waals surface area contributed by atoms with Gasteiger partial charge in [-0.25, -0.2) is 28.1 Å². The van der Waals surface area contributed by atoms with Crippen LogP contribution < -0.4 is 10.9 Å². The molecule has 4 N–H and O–H groups in total. The number of ether oxygens (including phenoxy) is 2. The maximum atomic E-state index is 12.5. The Morgan fingerprint density at radius 2 is 1.78 bits per heavy atom. The molecule has 2 aromatic heterocycles. The van der Waals surface area contributed by atoms with Crippen LogP contribution in [0.25, 0.3) is 11.1 Å². The van der Waals surface area contributed by atoms with E-state index < -0.39 is 22.0 Å². The van der Waals surface area contributed by atoms with Gasteiger partial charge < -0.3 is 19.6 Å². The van der Waals surface area contributed by atoms with Crippen molar-refractivity contribution in [1.82, 2.24) is 9.97 Å². The average Bonchev–Trinajstić information content (AvgIpc) is 3.03. The molecular weight excluding hydrogens is 440 g/mol. The molecule has 3 aromatic rings. The summed E-state index contributed by atoms with van der Waals surface area (Å²) < 4.78 is 39.3. The third-order valence-corrected chi connectivity index (χ3v) is 5.81. The van der Waals surface area contributed by atoms with Gasteiger partial charge in [-0.3, -0.25) is 0 Å². The fraction of sp³-hybridized carbons (Fsp3) is 0.300. The van der Waals surface area contributed by atoms with E-state index >= 15 is 0 Å². The van der Waals surface area contributed by atoms with Gasteiger partial charge in [0, 0.05) is 0 Å². The molecule has 0 fully saturated rings. The number of aromatic nitrogens is 2. The van der Waals surface area contributed by atoms with Gasteiger partial charge >= 0.3 is 11.9 Å². The quantitative estimate of drug-likeness (QED) is 0.514. The molecule has 12 heteroatoms. The normalized spacial score (nSPS) is 11.5. The van der Waals surface area contributed by atoms with E-state index in [1.165, 1.54) is 6.07 Å². The highest BCUT2D eigenvalue weighted by Crippen LogP contribution is 2.29. The highest BCUT2D eigenvalue weighted by Gasteiger charge is 2.24. The van der Waals surface area contributed by atoms with Crippen molar-refractivity contribution in [2.24, 2.45) is 5.14 Å². The summed E-state index contributed by atoms with van der Waals surface area (Å²) in [4.78, 5) is 32.8. The molecule has 0 amide bonds. The topological polar surface area (TPSA) is 178 Å². The molecule has 170 valence electrons. The third-order valence-electron chi connectivity index (χ3n) is 4.78. The molecular formula is C20H22N4O7S. The number of primary sulfonamides is 1. The molecule has 2 heterocycles. The lowest BCUT2D eigenvalue weighted by atomic mass is 10.1. The number of nitrogens with zero attached hydrogens (tertiary/aromatic N) is 2. The number of sulfonamides is 1. The molecule has 0 saturated carbocycles. The van der Waals surface area contributed by atoms with Crippen LogP contribution in [0.3, 0.4) is 0 Å². The Morgan fingerprint density at radius 1 is 1.09 bits per heavy atom. The van der Waals surface area contributed by atoms with Crippen molar-refractivity contribution < 1.29 is 31.9 Å². The Kier molecular flexibility index (Phi) is 6.19. The summed E-state index contributed by atoms with van der Waals surface area (Å²) >= 11 is 0. The number of carbonyl (C=O) groups is 2. The molecule has 0 saturated heterocycles. The number of hydrogen-bond acceptors (Lipinski definition) is 10. The summed E-state index contributed by atoms with van der Waals surface area (Å²) in [7, 11) is -4.02. The molecule has 0 atom stereocenters. The van der Waals surface area contributed by atoms with Gasteiger partial charge in [0.2, 0.25) is 15.7 Å². The van der Waals surface area contributed by atoms with E-state index in [4.69, 9.17) is 24.8 Å². The highest BCUT2D eigenvalue weighted by atomic mass is 32.2. The van der Waals surface area contributed by atoms with Crippen molar-refractivity contribution >= 4 is 38.9 Å². The summed E-state index contributed by atoms with van der Waals surface area (Å²) in [6, 6.07) is 2.65. The molecule has 1 aromatic carbocycles. The van der Waals surface area contributed by atoms with Crippen molar-refractivity contribution in [1.29, 1.82) is 0 Å². The number of carbonyl (C=O) groups excluding carboxylic acids is 2. The first-order valence-corrected chi connectivity index (χ1v) is 11.0. The minimum Gasteiger partial charge on any atom is -0.462 e. The smallest absolute Gasteiger partial charge is 0.342 e. The van der Waals surface area contributed by atoms with Gasteiger partial charge in [0.05, 0.1) is 22.5 Å². The van der Waals surface area contributed by atoms with Crippen LogP contribution in [0.15, 0.2) is 21.4 Å². The van der Waals surface area contributed by atoms with E-state index in [-0.39, 0.29) is 57.7 Å². The van der Waals surface area contributed by atoms with Crippen molar-refractivity contribution in [3.05, 3.63) is 46.0 Å². The zero-order valence-corrected chi connectivity index (χ0v) is 18.7. The van der Waals surface area contributed by atoms with Crippen LogP contribution in [0.4, 0.5) is 5.82 Å². The molecule has 0 spiro atoms. The molecule has 0 bridgehead atoms. The van der Waals surface area contributed by atoms with Crippen molar-refractivity contribution in [3.63, 3.8) is 0 Å². The Hall–Kier alpha value is -3.51. The number of rotatable bonds is 6. The van der Waals surface area contributed by atoms with Crippen LogP contribution in [0.5, 0.6) is 0 Å². The summed E-state index contributed by atoms with van der Waals surface area (Å²) in [5, 5.41) is 5.44. The monoisotopic (exact) mass is 462 g/mol. The first-order valence-electron chi connectivity index (χ1n) is 9.47. The lowest BCUT2D eigenvalue weighted by Crippen LogP contribution is -2.16. The van der Waals surface area contributed by atoms with E-state index in [2.05, 4.69) is 9.97 Å². The summed E-state index contributed by atoms with van der Waals surface area (Å²) in [6.45, 7) is 6.28. The second-order valence-electron chi connectivity index (χ2n) is 7.00. The number of nitrogen functional groups attached to an aromatic ring is 1. The van der Waals surface area contributed by atoms with Crippen LogP contribution in [-0.4, -0.2) is 36.9 Å². The highest BCUT2D eigenvalue weighted by molar-refractivity contribution is 7.89. The van der Waals surface area contributed by atoms with Gasteiger partial charge in [0.25, 0.3) is 0 Å². The van der Waals surface area contributed by atoms with E-state index in [0.717, 1.165) is 6.07 Å². The molecule has 3 rings (SSSR count). The standard InChI is InChI=1S/C20H22N4O7S/c1-5-29-20(26)15-11(4)31-18-16(15)17(21)23-14(24-18)8-30-19(25)12-6-9(2)10(3)13(7-12)32(22,27)28/h6-7H,5,8H2,1-4H3,(H2,21,23,24)(H2,22,27,28). The zero-order chi connectivity index (χ0) is 23.8. The third kappa shape index (κ3) is 4.41. The van der Waals surface area contributed by atoms with E-state index in [1.54, 1.807) is 27.7 Å². The van der Waals surface area contributed by atoms with Gasteiger partial charge in [-0.15, -0.1) is 0 Å². The number of anilines is 1. The van der Waals surface area contributed by atoms with Gasteiger partial charge in [-0.2, -0.15) is 4.98 Å². The molecule has 0 aliphatic rings. The maximum absolute atomic E-state index is 12.5. The fourth-order valence-electron chi connectivity index (χ4n) is 3.15. The summed E-state index contributed by atoms with van der Waals surface area (Å²) in [5.74, 6) is -1.16. The Bertz CT molecular complexity index is 1350. The number of nitrogens with two attached hydrogens (primary N) is 2. The lowest BCUT2D eigenvalue weighted by Gasteiger charge is -2.10. The Balaban J connectivity index is 1.88. The van der Waals surface area contributed by atoms with Gasteiger partial charge in [-0.1, -0.05) is 0 Å². The van der Waals surface area contributed by atoms with Crippen LogP contribution >= 0.6 is 0 Å². The zero-order valence-electron chi connectivity index (χ0n) is 17.9. The number of fused-ring (bicyclic) bond motifs is 1. The molecule has 0 unspecified atom stereocenters. The molecule has 32 heavy (non-hydrogen) atoms. The minimum absolute atomic E-state index is 0.00427. The van der Waals surface area contributed by atoms with E-state index in [0.29, 0.717) is 11.1 Å². The first-order chi connectivity index (χ1) is 14.9. The van der Waals surface area contributed by atoms with Gasteiger partial charge in [0.1, 0.15) is 17.1 Å². The Morgan fingerprint density at radius 3 is 2.41 bits per heavy atom. The number of aryl methyl sites for hydroxylation is 2. The second-order valence-corrected chi connectivity index (χ2v) is 8.53. The molecule has 0 radical (unpaired) electrons. The van der Waals surface area contributed by atoms with Crippen LogP contribution in [0.1, 0.15) is 50.4 Å². The molecule has 0 aliphatic heterocycles. The van der Waals surface area contributed by atoms with Crippen molar-refractivity contribution in [3.8, 4) is 0 Å².